The van der Waals surface area contributed by atoms with Crippen LogP contribution in [-0.2, 0) is 24.3 Å². The Labute approximate surface area is 121 Å². The van der Waals surface area contributed by atoms with Crippen molar-refractivity contribution in [3.05, 3.63) is 63.8 Å². The molecule has 3 rings (SSSR count). The molecular weight excluding hydrogens is 270 g/mol. The van der Waals surface area contributed by atoms with E-state index in [1.807, 2.05) is 30.3 Å². The highest BCUT2D eigenvalue weighted by molar-refractivity contribution is 5.68. The van der Waals surface area contributed by atoms with Gasteiger partial charge >= 0.3 is 6.09 Å². The molecule has 0 saturated heterocycles. The van der Waals surface area contributed by atoms with Crippen molar-refractivity contribution in [3.63, 3.8) is 0 Å². The molecule has 2 heterocycles. The number of fused-ring (bicyclic) bond motifs is 1. The Bertz CT molecular complexity index is 697. The van der Waals surface area contributed by atoms with Gasteiger partial charge in [0.25, 0.3) is 5.56 Å². The molecule has 0 fully saturated rings. The first-order valence-electron chi connectivity index (χ1n) is 6.75. The van der Waals surface area contributed by atoms with Crippen LogP contribution in [0.1, 0.15) is 16.8 Å². The summed E-state index contributed by atoms with van der Waals surface area (Å²) in [5, 5.41) is 0. The summed E-state index contributed by atoms with van der Waals surface area (Å²) in [6.07, 6.45) is 1.55. The molecule has 1 amide bonds. The smallest absolute Gasteiger partial charge is 0.410 e. The van der Waals surface area contributed by atoms with Crippen molar-refractivity contribution in [2.24, 2.45) is 0 Å². The van der Waals surface area contributed by atoms with E-state index in [1.165, 1.54) is 11.2 Å². The number of hydrogen-bond donors (Lipinski definition) is 1. The van der Waals surface area contributed by atoms with Gasteiger partial charge in [-0.2, -0.15) is 0 Å². The largest absolute Gasteiger partial charge is 0.445 e. The molecule has 6 nitrogen and oxygen atoms in total. The van der Waals surface area contributed by atoms with Crippen LogP contribution in [0, 0.1) is 0 Å². The lowest BCUT2D eigenvalue weighted by molar-refractivity contribution is 0.0914. The van der Waals surface area contributed by atoms with Gasteiger partial charge in [-0.25, -0.2) is 9.78 Å². The lowest BCUT2D eigenvalue weighted by Gasteiger charge is -2.26. The average molecular weight is 285 g/mol. The van der Waals surface area contributed by atoms with Gasteiger partial charge in [-0.15, -0.1) is 0 Å². The minimum absolute atomic E-state index is 0.194. The zero-order valence-electron chi connectivity index (χ0n) is 11.4. The van der Waals surface area contributed by atoms with Crippen LogP contribution >= 0.6 is 0 Å². The van der Waals surface area contributed by atoms with Crippen molar-refractivity contribution in [3.8, 4) is 0 Å². The quantitative estimate of drug-likeness (QED) is 0.906. The predicted octanol–water partition coefficient (Wildman–Crippen LogP) is 1.46. The molecular formula is C15H15N3O3. The van der Waals surface area contributed by atoms with Crippen molar-refractivity contribution < 1.29 is 9.53 Å². The van der Waals surface area contributed by atoms with Crippen molar-refractivity contribution in [1.82, 2.24) is 14.9 Å². The zero-order valence-corrected chi connectivity index (χ0v) is 11.4. The molecule has 1 aliphatic rings. The summed E-state index contributed by atoms with van der Waals surface area (Å²) in [4.78, 5) is 32.0. The third kappa shape index (κ3) is 2.94. The van der Waals surface area contributed by atoms with Gasteiger partial charge < -0.3 is 14.6 Å². The van der Waals surface area contributed by atoms with E-state index in [-0.39, 0.29) is 18.7 Å². The molecule has 21 heavy (non-hydrogen) atoms. The fourth-order valence-corrected chi connectivity index (χ4v) is 2.32. The molecule has 0 saturated carbocycles. The van der Waals surface area contributed by atoms with E-state index in [0.717, 1.165) is 11.3 Å². The summed E-state index contributed by atoms with van der Waals surface area (Å²) in [7, 11) is 0. The van der Waals surface area contributed by atoms with E-state index >= 15 is 0 Å². The van der Waals surface area contributed by atoms with E-state index in [1.54, 1.807) is 0 Å². The summed E-state index contributed by atoms with van der Waals surface area (Å²) < 4.78 is 5.28. The van der Waals surface area contributed by atoms with Gasteiger partial charge in [-0.05, 0) is 5.56 Å². The van der Waals surface area contributed by atoms with Gasteiger partial charge in [0.2, 0.25) is 0 Å². The monoisotopic (exact) mass is 285 g/mol. The highest BCUT2D eigenvalue weighted by Gasteiger charge is 2.24. The fraction of sp³-hybridized carbons (Fsp3) is 0.267. The third-order valence-corrected chi connectivity index (χ3v) is 3.47. The van der Waals surface area contributed by atoms with Crippen molar-refractivity contribution in [2.75, 3.05) is 6.54 Å². The summed E-state index contributed by atoms with van der Waals surface area (Å²) >= 11 is 0. The number of ether oxygens (including phenoxy) is 1. The van der Waals surface area contributed by atoms with Crippen LogP contribution in [0.15, 0.2) is 41.5 Å². The molecule has 0 atom stereocenters. The molecule has 1 N–H and O–H groups in total. The number of benzene rings is 1. The molecule has 1 aliphatic heterocycles. The Morgan fingerprint density at radius 1 is 1.33 bits per heavy atom. The lowest BCUT2D eigenvalue weighted by atomic mass is 10.1. The lowest BCUT2D eigenvalue weighted by Crippen LogP contribution is -2.39. The summed E-state index contributed by atoms with van der Waals surface area (Å²) in [5.74, 6) is 0. The maximum absolute atomic E-state index is 12.1. The van der Waals surface area contributed by atoms with Crippen LogP contribution < -0.4 is 5.56 Å². The molecule has 6 heteroatoms. The van der Waals surface area contributed by atoms with E-state index < -0.39 is 6.09 Å². The Kier molecular flexibility index (Phi) is 3.68. The highest BCUT2D eigenvalue weighted by Crippen LogP contribution is 2.14. The number of aromatic amines is 1. The summed E-state index contributed by atoms with van der Waals surface area (Å²) in [6.45, 7) is 0.982. The van der Waals surface area contributed by atoms with E-state index in [2.05, 4.69) is 9.97 Å². The molecule has 2 aromatic rings. The molecule has 0 aliphatic carbocycles. The predicted molar refractivity (Wildman–Crippen MR) is 75.6 cm³/mol. The van der Waals surface area contributed by atoms with E-state index in [0.29, 0.717) is 18.5 Å². The number of nitrogens with one attached hydrogen (secondary N) is 1. The highest BCUT2D eigenvalue weighted by atomic mass is 16.6. The third-order valence-electron chi connectivity index (χ3n) is 3.47. The summed E-state index contributed by atoms with van der Waals surface area (Å²) in [5.41, 5.74) is 2.04. The number of carbonyl (C=O) groups is 1. The normalized spacial score (nSPS) is 13.6. The Hall–Kier alpha value is -2.63. The van der Waals surface area contributed by atoms with Crippen LogP contribution in [0.4, 0.5) is 4.79 Å². The topological polar surface area (TPSA) is 75.3 Å². The number of aromatic nitrogens is 2. The summed E-state index contributed by atoms with van der Waals surface area (Å²) in [6, 6.07) is 9.49. The second-order valence-electron chi connectivity index (χ2n) is 4.87. The number of rotatable bonds is 2. The number of amides is 1. The second kappa shape index (κ2) is 5.78. The molecule has 1 aromatic heterocycles. The first-order valence-corrected chi connectivity index (χ1v) is 6.75. The molecule has 0 bridgehead atoms. The van der Waals surface area contributed by atoms with Gasteiger partial charge in [0, 0.05) is 13.0 Å². The standard InChI is InChI=1S/C15H15N3O3/c19-14-12-8-18(7-6-13(12)16-10-17-14)15(20)21-9-11-4-2-1-3-5-11/h1-5,10H,6-9H2,(H,16,17,19). The average Bonchev–Trinajstić information content (AvgIpc) is 2.54. The van der Waals surface area contributed by atoms with Crippen LogP contribution in [0.5, 0.6) is 0 Å². The minimum Gasteiger partial charge on any atom is -0.445 e. The van der Waals surface area contributed by atoms with Crippen molar-refractivity contribution >= 4 is 6.09 Å². The fourth-order valence-electron chi connectivity index (χ4n) is 2.32. The second-order valence-corrected chi connectivity index (χ2v) is 4.87. The minimum atomic E-state index is -0.409. The zero-order chi connectivity index (χ0) is 14.7. The molecule has 0 unspecified atom stereocenters. The van der Waals surface area contributed by atoms with Crippen LogP contribution in [-0.4, -0.2) is 27.5 Å². The Morgan fingerprint density at radius 3 is 2.95 bits per heavy atom. The molecule has 0 spiro atoms. The van der Waals surface area contributed by atoms with Crippen LogP contribution in [0.2, 0.25) is 0 Å². The first kappa shape index (κ1) is 13.4. The Balaban J connectivity index is 1.64. The van der Waals surface area contributed by atoms with Gasteiger partial charge in [0.1, 0.15) is 6.61 Å². The maximum atomic E-state index is 12.1. The first-order chi connectivity index (χ1) is 10.2. The number of nitrogens with zero attached hydrogens (tertiary/aromatic N) is 2. The van der Waals surface area contributed by atoms with E-state index in [4.69, 9.17) is 4.74 Å². The molecule has 0 radical (unpaired) electrons. The van der Waals surface area contributed by atoms with Gasteiger partial charge in [-0.1, -0.05) is 30.3 Å². The number of hydrogen-bond acceptors (Lipinski definition) is 4. The van der Waals surface area contributed by atoms with Crippen molar-refractivity contribution in [1.29, 1.82) is 0 Å². The maximum Gasteiger partial charge on any atom is 0.410 e. The Morgan fingerprint density at radius 2 is 2.14 bits per heavy atom. The molecule has 1 aromatic carbocycles. The number of H-pyrrole nitrogens is 1. The SMILES string of the molecule is O=C(OCc1ccccc1)N1CCc2nc[nH]c(=O)c2C1. The van der Waals surface area contributed by atoms with Gasteiger partial charge in [0.05, 0.1) is 24.1 Å². The van der Waals surface area contributed by atoms with Crippen LogP contribution in [0.3, 0.4) is 0 Å². The van der Waals surface area contributed by atoms with Gasteiger partial charge in [0.15, 0.2) is 0 Å². The van der Waals surface area contributed by atoms with Crippen molar-refractivity contribution in [2.45, 2.75) is 19.6 Å². The van der Waals surface area contributed by atoms with Crippen LogP contribution in [0.25, 0.3) is 0 Å². The molecule has 108 valence electrons. The number of carbonyl (C=O) groups excluding carboxylic acids is 1. The van der Waals surface area contributed by atoms with Gasteiger partial charge in [-0.3, -0.25) is 4.79 Å². The van der Waals surface area contributed by atoms with E-state index in [9.17, 15) is 9.59 Å².